The van der Waals surface area contributed by atoms with Crippen molar-refractivity contribution in [2.24, 2.45) is 0 Å². The van der Waals surface area contributed by atoms with Crippen LogP contribution in [0.15, 0.2) is 29.3 Å². The van der Waals surface area contributed by atoms with Crippen molar-refractivity contribution in [3.63, 3.8) is 0 Å². The fourth-order valence-electron chi connectivity index (χ4n) is 2.95. The van der Waals surface area contributed by atoms with Gasteiger partial charge >= 0.3 is 0 Å². The van der Waals surface area contributed by atoms with Crippen LogP contribution >= 0.6 is 0 Å². The summed E-state index contributed by atoms with van der Waals surface area (Å²) >= 11 is 0. The minimum atomic E-state index is -0.325. The molecule has 1 fully saturated rings. The van der Waals surface area contributed by atoms with Gasteiger partial charge in [0.15, 0.2) is 0 Å². The number of ether oxygens (including phenoxy) is 1. The Hall–Kier alpha value is -2.21. The van der Waals surface area contributed by atoms with E-state index in [0.717, 1.165) is 25.0 Å². The van der Waals surface area contributed by atoms with Crippen molar-refractivity contribution in [3.8, 4) is 0 Å². The fourth-order valence-corrected chi connectivity index (χ4v) is 2.95. The van der Waals surface area contributed by atoms with Gasteiger partial charge in [0.25, 0.3) is 11.5 Å². The van der Waals surface area contributed by atoms with Gasteiger partial charge in [-0.3, -0.25) is 14.0 Å². The summed E-state index contributed by atoms with van der Waals surface area (Å²) in [5.41, 5.74) is 1.26. The lowest BCUT2D eigenvalue weighted by Crippen LogP contribution is -2.40. The highest BCUT2D eigenvalue weighted by molar-refractivity contribution is 5.93. The van der Waals surface area contributed by atoms with Crippen molar-refractivity contribution >= 4 is 11.6 Å². The van der Waals surface area contributed by atoms with Crippen molar-refractivity contribution in [1.82, 2.24) is 14.3 Å². The van der Waals surface area contributed by atoms with E-state index in [1.165, 1.54) is 10.6 Å². The second-order valence-corrected chi connectivity index (χ2v) is 5.84. The van der Waals surface area contributed by atoms with Gasteiger partial charge in [0.1, 0.15) is 11.2 Å². The Labute approximate surface area is 134 Å². The van der Waals surface area contributed by atoms with Crippen LogP contribution in [0.1, 0.15) is 35.7 Å². The minimum Gasteiger partial charge on any atom is -0.376 e. The molecule has 1 atom stereocenters. The largest absolute Gasteiger partial charge is 0.376 e. The summed E-state index contributed by atoms with van der Waals surface area (Å²) in [6.45, 7) is 5.60. The molecule has 6 nitrogen and oxygen atoms in total. The van der Waals surface area contributed by atoms with Crippen molar-refractivity contribution in [2.45, 2.75) is 32.8 Å². The Morgan fingerprint density at radius 3 is 3.04 bits per heavy atom. The SMILES string of the molecule is CCN(C[C@@H]1CCCO1)C(=O)c1cnc2c(C)cccn2c1=O. The Kier molecular flexibility index (Phi) is 4.43. The van der Waals surface area contributed by atoms with E-state index in [4.69, 9.17) is 4.74 Å². The highest BCUT2D eigenvalue weighted by Gasteiger charge is 2.24. The number of rotatable bonds is 4. The number of nitrogens with zero attached hydrogens (tertiary/aromatic N) is 3. The lowest BCUT2D eigenvalue weighted by atomic mass is 10.2. The molecular weight excluding hydrogens is 294 g/mol. The Morgan fingerprint density at radius 1 is 1.52 bits per heavy atom. The van der Waals surface area contributed by atoms with Gasteiger partial charge in [-0.05, 0) is 38.3 Å². The summed E-state index contributed by atoms with van der Waals surface area (Å²) < 4.78 is 7.03. The molecule has 2 aromatic rings. The van der Waals surface area contributed by atoms with E-state index in [1.807, 2.05) is 19.9 Å². The number of carbonyl (C=O) groups excluding carboxylic acids is 1. The topological polar surface area (TPSA) is 63.9 Å². The molecule has 2 aromatic heterocycles. The first kappa shape index (κ1) is 15.7. The molecule has 23 heavy (non-hydrogen) atoms. The second-order valence-electron chi connectivity index (χ2n) is 5.84. The van der Waals surface area contributed by atoms with E-state index < -0.39 is 0 Å². The lowest BCUT2D eigenvalue weighted by molar-refractivity contribution is 0.0537. The molecule has 1 amide bonds. The van der Waals surface area contributed by atoms with E-state index in [9.17, 15) is 9.59 Å². The van der Waals surface area contributed by atoms with Crippen LogP contribution < -0.4 is 5.56 Å². The molecular formula is C17H21N3O3. The number of aryl methyl sites for hydroxylation is 1. The molecule has 1 aliphatic rings. The maximum absolute atomic E-state index is 12.7. The lowest BCUT2D eigenvalue weighted by Gasteiger charge is -2.23. The van der Waals surface area contributed by atoms with Crippen molar-refractivity contribution in [1.29, 1.82) is 0 Å². The molecule has 3 rings (SSSR count). The molecule has 1 saturated heterocycles. The summed E-state index contributed by atoms with van der Waals surface area (Å²) in [6.07, 6.45) is 5.08. The predicted molar refractivity (Wildman–Crippen MR) is 86.8 cm³/mol. The molecule has 0 bridgehead atoms. The van der Waals surface area contributed by atoms with Gasteiger partial charge in [-0.2, -0.15) is 0 Å². The van der Waals surface area contributed by atoms with Gasteiger partial charge in [0, 0.05) is 32.1 Å². The number of amides is 1. The number of fused-ring (bicyclic) bond motifs is 1. The third-order valence-corrected chi connectivity index (χ3v) is 4.27. The van der Waals surface area contributed by atoms with Gasteiger partial charge in [-0.25, -0.2) is 4.98 Å². The van der Waals surface area contributed by atoms with E-state index in [0.29, 0.717) is 18.7 Å². The van der Waals surface area contributed by atoms with Crippen molar-refractivity contribution < 1.29 is 9.53 Å². The predicted octanol–water partition coefficient (Wildman–Crippen LogP) is 1.64. The van der Waals surface area contributed by atoms with Crippen molar-refractivity contribution in [2.75, 3.05) is 19.7 Å². The molecule has 0 saturated carbocycles. The number of aromatic nitrogens is 2. The van der Waals surface area contributed by atoms with Gasteiger partial charge in [-0.1, -0.05) is 6.07 Å². The van der Waals surface area contributed by atoms with Crippen LogP contribution in [-0.2, 0) is 4.74 Å². The Morgan fingerprint density at radius 2 is 2.35 bits per heavy atom. The van der Waals surface area contributed by atoms with E-state index in [1.54, 1.807) is 17.2 Å². The van der Waals surface area contributed by atoms with Crippen LogP contribution in [0.2, 0.25) is 0 Å². The third-order valence-electron chi connectivity index (χ3n) is 4.27. The normalized spacial score (nSPS) is 17.6. The molecule has 3 heterocycles. The maximum Gasteiger partial charge on any atom is 0.270 e. The maximum atomic E-state index is 12.7. The Bertz CT molecular complexity index is 778. The molecule has 0 spiro atoms. The Balaban J connectivity index is 1.93. The molecule has 122 valence electrons. The zero-order chi connectivity index (χ0) is 16.4. The highest BCUT2D eigenvalue weighted by Crippen LogP contribution is 2.14. The first-order chi connectivity index (χ1) is 11.1. The summed E-state index contributed by atoms with van der Waals surface area (Å²) in [4.78, 5) is 31.3. The van der Waals surface area contributed by atoms with Gasteiger partial charge in [0.05, 0.1) is 6.10 Å². The summed E-state index contributed by atoms with van der Waals surface area (Å²) in [7, 11) is 0. The fraction of sp³-hybridized carbons (Fsp3) is 0.471. The molecule has 0 aliphatic carbocycles. The average Bonchev–Trinajstić information content (AvgIpc) is 3.06. The summed E-state index contributed by atoms with van der Waals surface area (Å²) in [5, 5.41) is 0. The zero-order valence-electron chi connectivity index (χ0n) is 13.5. The van der Waals surface area contributed by atoms with Crippen molar-refractivity contribution in [3.05, 3.63) is 46.0 Å². The third kappa shape index (κ3) is 2.99. The first-order valence-corrected chi connectivity index (χ1v) is 7.99. The molecule has 0 N–H and O–H groups in total. The number of pyridine rings is 1. The standard InChI is InChI=1S/C17H21N3O3/c1-3-19(11-13-7-5-9-23-13)16(21)14-10-18-15-12(2)6-4-8-20(15)17(14)22/h4,6,8,10,13H,3,5,7,9,11H2,1-2H3/t13-/m0/s1. The number of hydrogen-bond donors (Lipinski definition) is 0. The van der Waals surface area contributed by atoms with E-state index >= 15 is 0 Å². The number of carbonyl (C=O) groups is 1. The smallest absolute Gasteiger partial charge is 0.270 e. The van der Waals surface area contributed by atoms with Gasteiger partial charge < -0.3 is 9.64 Å². The first-order valence-electron chi connectivity index (χ1n) is 7.99. The minimum absolute atomic E-state index is 0.0670. The van der Waals surface area contributed by atoms with Crippen LogP contribution in [0, 0.1) is 6.92 Å². The van der Waals surface area contributed by atoms with Crippen LogP contribution in [0.4, 0.5) is 0 Å². The molecule has 0 unspecified atom stereocenters. The quantitative estimate of drug-likeness (QED) is 0.860. The van der Waals surface area contributed by atoms with E-state index in [-0.39, 0.29) is 23.1 Å². The van der Waals surface area contributed by atoms with Crippen LogP contribution in [0.3, 0.4) is 0 Å². The summed E-state index contributed by atoms with van der Waals surface area (Å²) in [5.74, 6) is -0.281. The van der Waals surface area contributed by atoms with Gasteiger partial charge in [0.2, 0.25) is 0 Å². The second kappa shape index (κ2) is 6.50. The molecule has 0 aromatic carbocycles. The molecule has 6 heteroatoms. The number of hydrogen-bond acceptors (Lipinski definition) is 4. The van der Waals surface area contributed by atoms with Crippen LogP contribution in [0.5, 0.6) is 0 Å². The van der Waals surface area contributed by atoms with Crippen LogP contribution in [0.25, 0.3) is 5.65 Å². The van der Waals surface area contributed by atoms with Gasteiger partial charge in [-0.15, -0.1) is 0 Å². The van der Waals surface area contributed by atoms with Crippen LogP contribution in [-0.4, -0.2) is 46.0 Å². The number of likely N-dealkylation sites (N-methyl/N-ethyl adjacent to an activating group) is 1. The molecule has 0 radical (unpaired) electrons. The highest BCUT2D eigenvalue weighted by atomic mass is 16.5. The monoisotopic (exact) mass is 315 g/mol. The average molecular weight is 315 g/mol. The zero-order valence-corrected chi connectivity index (χ0v) is 13.5. The van der Waals surface area contributed by atoms with E-state index in [2.05, 4.69) is 4.98 Å². The summed E-state index contributed by atoms with van der Waals surface area (Å²) in [6, 6.07) is 3.67. The molecule has 1 aliphatic heterocycles.